The van der Waals surface area contributed by atoms with Crippen molar-refractivity contribution < 1.29 is 9.59 Å². The lowest BCUT2D eigenvalue weighted by molar-refractivity contribution is -0.119. The van der Waals surface area contributed by atoms with Gasteiger partial charge in [0.2, 0.25) is 5.91 Å². The van der Waals surface area contributed by atoms with Crippen molar-refractivity contribution in [1.82, 2.24) is 19.6 Å². The quantitative estimate of drug-likeness (QED) is 0.790. The Labute approximate surface area is 151 Å². The van der Waals surface area contributed by atoms with Crippen LogP contribution in [-0.4, -0.2) is 45.2 Å². The molecule has 1 saturated heterocycles. The van der Waals surface area contributed by atoms with Gasteiger partial charge < -0.3 is 14.6 Å². The van der Waals surface area contributed by atoms with E-state index in [0.717, 1.165) is 23.3 Å². The van der Waals surface area contributed by atoms with Crippen LogP contribution in [0.15, 0.2) is 54.9 Å². The highest BCUT2D eigenvalue weighted by Crippen LogP contribution is 2.20. The zero-order valence-electron chi connectivity index (χ0n) is 14.6. The number of carbonyl (C=O) groups excluding carboxylic acids is 2. The summed E-state index contributed by atoms with van der Waals surface area (Å²) in [7, 11) is 0. The third kappa shape index (κ3) is 3.18. The molecule has 2 aromatic heterocycles. The fourth-order valence-electron chi connectivity index (χ4n) is 3.40. The van der Waals surface area contributed by atoms with Gasteiger partial charge in [-0.2, -0.15) is 0 Å². The zero-order valence-corrected chi connectivity index (χ0v) is 14.6. The second-order valence-corrected chi connectivity index (χ2v) is 6.61. The maximum absolute atomic E-state index is 12.8. The van der Waals surface area contributed by atoms with Gasteiger partial charge >= 0.3 is 0 Å². The summed E-state index contributed by atoms with van der Waals surface area (Å²) in [6.07, 6.45) is 4.55. The van der Waals surface area contributed by atoms with Crippen molar-refractivity contribution in [3.05, 3.63) is 60.4 Å². The van der Waals surface area contributed by atoms with Gasteiger partial charge in [-0.05, 0) is 18.6 Å². The number of benzene rings is 1. The highest BCUT2D eigenvalue weighted by molar-refractivity contribution is 5.94. The van der Waals surface area contributed by atoms with E-state index >= 15 is 0 Å². The van der Waals surface area contributed by atoms with Crippen LogP contribution in [0.4, 0.5) is 0 Å². The van der Waals surface area contributed by atoms with Crippen molar-refractivity contribution in [2.75, 3.05) is 13.1 Å². The fourth-order valence-corrected chi connectivity index (χ4v) is 3.40. The first-order valence-electron chi connectivity index (χ1n) is 8.71. The lowest BCUT2D eigenvalue weighted by atomic mass is 10.2. The van der Waals surface area contributed by atoms with Crippen molar-refractivity contribution >= 4 is 17.5 Å². The van der Waals surface area contributed by atoms with Crippen molar-refractivity contribution in [3.8, 4) is 11.3 Å². The second-order valence-electron chi connectivity index (χ2n) is 6.61. The predicted molar refractivity (Wildman–Crippen MR) is 98.8 cm³/mol. The summed E-state index contributed by atoms with van der Waals surface area (Å²) in [5, 5.41) is 2.88. The van der Waals surface area contributed by atoms with Crippen molar-refractivity contribution in [1.29, 1.82) is 0 Å². The summed E-state index contributed by atoms with van der Waals surface area (Å²) in [4.78, 5) is 30.4. The van der Waals surface area contributed by atoms with E-state index in [-0.39, 0.29) is 17.9 Å². The number of nitrogens with one attached hydrogen (secondary N) is 1. The summed E-state index contributed by atoms with van der Waals surface area (Å²) in [5.74, 6) is -0.0766. The SMILES string of the molecule is CC(=O)NC1CCN(C(=O)c2ccc3nc(-c4ccccc4)cn3c2)C1. The molecule has 0 aliphatic carbocycles. The standard InChI is InChI=1S/C20H20N4O2/c1-14(25)21-17-9-10-23(12-17)20(26)16-7-8-19-22-18(13-24(19)11-16)15-5-3-2-4-6-15/h2-8,11,13,17H,9-10,12H2,1H3,(H,21,25). The number of hydrogen-bond donors (Lipinski definition) is 1. The Hall–Kier alpha value is -3.15. The summed E-state index contributed by atoms with van der Waals surface area (Å²) < 4.78 is 1.89. The topological polar surface area (TPSA) is 66.7 Å². The number of rotatable bonds is 3. The van der Waals surface area contributed by atoms with Gasteiger partial charge in [0, 0.05) is 44.0 Å². The lowest BCUT2D eigenvalue weighted by Crippen LogP contribution is -2.37. The molecule has 1 unspecified atom stereocenters. The first-order valence-corrected chi connectivity index (χ1v) is 8.71. The van der Waals surface area contributed by atoms with Gasteiger partial charge in [0.05, 0.1) is 11.3 Å². The fraction of sp³-hybridized carbons (Fsp3) is 0.250. The van der Waals surface area contributed by atoms with E-state index in [0.29, 0.717) is 18.7 Å². The van der Waals surface area contributed by atoms with E-state index < -0.39 is 0 Å². The Morgan fingerprint density at radius 1 is 1.12 bits per heavy atom. The molecule has 0 radical (unpaired) electrons. The van der Waals surface area contributed by atoms with Crippen LogP contribution in [0.2, 0.25) is 0 Å². The number of pyridine rings is 1. The molecule has 1 N–H and O–H groups in total. The minimum atomic E-state index is -0.0578. The lowest BCUT2D eigenvalue weighted by Gasteiger charge is -2.17. The van der Waals surface area contributed by atoms with Crippen LogP contribution in [-0.2, 0) is 4.79 Å². The average molecular weight is 348 g/mol. The molecule has 2 amide bonds. The molecule has 3 aromatic rings. The number of likely N-dealkylation sites (tertiary alicyclic amines) is 1. The van der Waals surface area contributed by atoms with Crippen LogP contribution in [0.25, 0.3) is 16.9 Å². The van der Waals surface area contributed by atoms with Crippen molar-refractivity contribution in [3.63, 3.8) is 0 Å². The van der Waals surface area contributed by atoms with Crippen molar-refractivity contribution in [2.45, 2.75) is 19.4 Å². The Morgan fingerprint density at radius 3 is 2.69 bits per heavy atom. The molecule has 1 atom stereocenters. The molecular formula is C20H20N4O2. The molecule has 4 rings (SSSR count). The first-order chi connectivity index (χ1) is 12.6. The van der Waals surface area contributed by atoms with Crippen molar-refractivity contribution in [2.24, 2.45) is 0 Å². The molecule has 1 aliphatic rings. The van der Waals surface area contributed by atoms with Crippen LogP contribution in [0.5, 0.6) is 0 Å². The zero-order chi connectivity index (χ0) is 18.1. The molecule has 1 aliphatic heterocycles. The Morgan fingerprint density at radius 2 is 1.92 bits per heavy atom. The number of carbonyl (C=O) groups is 2. The molecule has 0 saturated carbocycles. The number of imidazole rings is 1. The van der Waals surface area contributed by atoms with Gasteiger partial charge in [-0.1, -0.05) is 30.3 Å². The van der Waals surface area contributed by atoms with Crippen LogP contribution in [0, 0.1) is 0 Å². The molecule has 6 nitrogen and oxygen atoms in total. The normalized spacial score (nSPS) is 16.8. The van der Waals surface area contributed by atoms with Crippen LogP contribution < -0.4 is 5.32 Å². The monoisotopic (exact) mass is 348 g/mol. The van der Waals surface area contributed by atoms with E-state index in [2.05, 4.69) is 10.3 Å². The Kier molecular flexibility index (Phi) is 4.16. The van der Waals surface area contributed by atoms with E-state index in [9.17, 15) is 9.59 Å². The predicted octanol–water partition coefficient (Wildman–Crippen LogP) is 2.35. The maximum Gasteiger partial charge on any atom is 0.255 e. The van der Waals surface area contributed by atoms with E-state index in [1.165, 1.54) is 6.92 Å². The molecule has 6 heteroatoms. The van der Waals surface area contributed by atoms with Gasteiger partial charge in [0.1, 0.15) is 5.65 Å². The van der Waals surface area contributed by atoms with Crippen LogP contribution in [0.1, 0.15) is 23.7 Å². The highest BCUT2D eigenvalue weighted by atomic mass is 16.2. The third-order valence-corrected chi connectivity index (χ3v) is 4.65. The van der Waals surface area contributed by atoms with Gasteiger partial charge in [-0.3, -0.25) is 9.59 Å². The number of fused-ring (bicyclic) bond motifs is 1. The number of hydrogen-bond acceptors (Lipinski definition) is 3. The second kappa shape index (κ2) is 6.63. The molecule has 0 bridgehead atoms. The molecule has 132 valence electrons. The molecule has 1 fully saturated rings. The minimum Gasteiger partial charge on any atom is -0.352 e. The summed E-state index contributed by atoms with van der Waals surface area (Å²) in [6.45, 7) is 2.71. The first kappa shape index (κ1) is 16.3. The molecule has 0 spiro atoms. The van der Waals surface area contributed by atoms with Gasteiger partial charge in [-0.15, -0.1) is 0 Å². The summed E-state index contributed by atoms with van der Waals surface area (Å²) in [5.41, 5.74) is 3.35. The van der Waals surface area contributed by atoms with Gasteiger partial charge in [-0.25, -0.2) is 4.98 Å². The van der Waals surface area contributed by atoms with Crippen LogP contribution in [0.3, 0.4) is 0 Å². The number of amides is 2. The molecule has 1 aromatic carbocycles. The van der Waals surface area contributed by atoms with Crippen LogP contribution >= 0.6 is 0 Å². The van der Waals surface area contributed by atoms with E-state index in [1.54, 1.807) is 4.90 Å². The smallest absolute Gasteiger partial charge is 0.255 e. The minimum absolute atomic E-state index is 0.0188. The third-order valence-electron chi connectivity index (χ3n) is 4.65. The molecule has 26 heavy (non-hydrogen) atoms. The Bertz CT molecular complexity index is 964. The summed E-state index contributed by atoms with van der Waals surface area (Å²) in [6, 6.07) is 13.7. The van der Waals surface area contributed by atoms with E-state index in [4.69, 9.17) is 0 Å². The highest BCUT2D eigenvalue weighted by Gasteiger charge is 2.27. The number of nitrogens with zero attached hydrogens (tertiary/aromatic N) is 3. The van der Waals surface area contributed by atoms with Gasteiger partial charge in [0.25, 0.3) is 5.91 Å². The largest absolute Gasteiger partial charge is 0.352 e. The Balaban J connectivity index is 1.56. The van der Waals surface area contributed by atoms with Gasteiger partial charge in [0.15, 0.2) is 0 Å². The van der Waals surface area contributed by atoms with E-state index in [1.807, 2.05) is 59.3 Å². The number of aromatic nitrogens is 2. The maximum atomic E-state index is 12.8. The molecule has 3 heterocycles. The summed E-state index contributed by atoms with van der Waals surface area (Å²) >= 11 is 0. The molecular weight excluding hydrogens is 328 g/mol. The average Bonchev–Trinajstić information content (AvgIpc) is 3.27.